The molecule has 0 spiro atoms. The van der Waals surface area contributed by atoms with Crippen LogP contribution < -0.4 is 11.1 Å². The maximum atomic E-state index is 5.88. The highest BCUT2D eigenvalue weighted by atomic mass is 32.2. The summed E-state index contributed by atoms with van der Waals surface area (Å²) in [5.74, 6) is 3.92. The summed E-state index contributed by atoms with van der Waals surface area (Å²) in [6.45, 7) is 3.86. The van der Waals surface area contributed by atoms with E-state index in [0.29, 0.717) is 11.8 Å². The van der Waals surface area contributed by atoms with Gasteiger partial charge in [-0.1, -0.05) is 6.92 Å². The molecule has 0 aromatic heterocycles. The molecular weight excluding hydrogens is 192 g/mol. The molecule has 0 aliphatic carbocycles. The molecule has 0 amide bonds. The molecule has 1 aliphatic heterocycles. The molecule has 2 atom stereocenters. The number of hydrogen-bond donors (Lipinski definition) is 2. The summed E-state index contributed by atoms with van der Waals surface area (Å²) in [6.07, 6.45) is 8.47. The Hall–Kier alpha value is -0.170. The molecule has 0 saturated carbocycles. The molecule has 3 N–H and O–H groups in total. The fourth-order valence-corrected chi connectivity index (χ4v) is 3.25. The van der Waals surface area contributed by atoms with Gasteiger partial charge >= 0.3 is 0 Å². The first-order valence-corrected chi connectivity index (χ1v) is 6.30. The van der Waals surface area contributed by atoms with Crippen molar-refractivity contribution in [3.8, 4) is 12.3 Å². The van der Waals surface area contributed by atoms with E-state index in [1.54, 1.807) is 0 Å². The summed E-state index contributed by atoms with van der Waals surface area (Å²) in [5.41, 5.74) is 6.01. The Balaban J connectivity index is 2.50. The lowest BCUT2D eigenvalue weighted by Crippen LogP contribution is -2.59. The van der Waals surface area contributed by atoms with Crippen LogP contribution in [0.25, 0.3) is 0 Å². The van der Waals surface area contributed by atoms with Gasteiger partial charge in [0, 0.05) is 30.3 Å². The van der Waals surface area contributed by atoms with E-state index in [0.717, 1.165) is 13.0 Å². The maximum Gasteiger partial charge on any atom is 0.0421 e. The van der Waals surface area contributed by atoms with E-state index in [1.165, 1.54) is 18.6 Å². The molecule has 0 aromatic carbocycles. The van der Waals surface area contributed by atoms with Crippen molar-refractivity contribution in [2.75, 3.05) is 18.8 Å². The third-order valence-corrected chi connectivity index (χ3v) is 4.50. The Labute approximate surface area is 91.4 Å². The van der Waals surface area contributed by atoms with Gasteiger partial charge in [0.2, 0.25) is 0 Å². The Morgan fingerprint density at radius 3 is 3.07 bits per heavy atom. The van der Waals surface area contributed by atoms with E-state index < -0.39 is 0 Å². The van der Waals surface area contributed by atoms with Gasteiger partial charge in [-0.3, -0.25) is 0 Å². The first-order valence-electron chi connectivity index (χ1n) is 5.25. The molecule has 1 saturated heterocycles. The van der Waals surface area contributed by atoms with Crippen molar-refractivity contribution in [2.45, 2.75) is 37.0 Å². The molecule has 14 heavy (non-hydrogen) atoms. The van der Waals surface area contributed by atoms with Crippen LogP contribution in [0.3, 0.4) is 0 Å². The first-order chi connectivity index (χ1) is 6.75. The molecule has 1 rings (SSSR count). The monoisotopic (exact) mass is 212 g/mol. The fraction of sp³-hybridized carbons (Fsp3) is 0.818. The SMILES string of the molecule is C#CCCNC1(CN)CCCSC1C. The minimum Gasteiger partial charge on any atom is -0.329 e. The topological polar surface area (TPSA) is 38.0 Å². The number of hydrogen-bond acceptors (Lipinski definition) is 3. The Morgan fingerprint density at radius 1 is 1.71 bits per heavy atom. The second-order valence-electron chi connectivity index (χ2n) is 3.86. The van der Waals surface area contributed by atoms with Crippen LogP contribution in [0, 0.1) is 12.3 Å². The molecule has 1 heterocycles. The van der Waals surface area contributed by atoms with Gasteiger partial charge in [0.05, 0.1) is 0 Å². The van der Waals surface area contributed by atoms with Gasteiger partial charge in [-0.05, 0) is 18.6 Å². The Morgan fingerprint density at radius 2 is 2.50 bits per heavy atom. The zero-order chi connectivity index (χ0) is 10.4. The van der Waals surface area contributed by atoms with Crippen molar-refractivity contribution < 1.29 is 0 Å². The zero-order valence-corrected chi connectivity index (χ0v) is 9.70. The smallest absolute Gasteiger partial charge is 0.0421 e. The minimum atomic E-state index is 0.125. The Bertz CT molecular complexity index is 212. The summed E-state index contributed by atoms with van der Waals surface area (Å²) in [5, 5.41) is 4.14. The van der Waals surface area contributed by atoms with Crippen molar-refractivity contribution in [2.24, 2.45) is 5.73 Å². The lowest BCUT2D eigenvalue weighted by molar-refractivity contribution is 0.301. The molecule has 3 heteroatoms. The van der Waals surface area contributed by atoms with Crippen LogP contribution in [0.2, 0.25) is 0 Å². The summed E-state index contributed by atoms with van der Waals surface area (Å²) < 4.78 is 0. The van der Waals surface area contributed by atoms with Crippen LogP contribution in [-0.4, -0.2) is 29.6 Å². The van der Waals surface area contributed by atoms with Crippen molar-refractivity contribution in [1.29, 1.82) is 0 Å². The molecular formula is C11H20N2S. The van der Waals surface area contributed by atoms with Crippen molar-refractivity contribution >= 4 is 11.8 Å². The average Bonchev–Trinajstić information content (AvgIpc) is 2.21. The van der Waals surface area contributed by atoms with E-state index in [1.807, 2.05) is 11.8 Å². The van der Waals surface area contributed by atoms with Crippen LogP contribution in [0.5, 0.6) is 0 Å². The predicted molar refractivity (Wildman–Crippen MR) is 64.4 cm³/mol. The standard InChI is InChI=1S/C11H20N2S/c1-3-4-7-13-11(9-12)6-5-8-14-10(11)2/h1,10,13H,4-9,12H2,2H3. The molecule has 0 aromatic rings. The van der Waals surface area contributed by atoms with Crippen molar-refractivity contribution in [3.63, 3.8) is 0 Å². The highest BCUT2D eigenvalue weighted by Gasteiger charge is 2.36. The number of nitrogens with two attached hydrogens (primary N) is 1. The molecule has 0 bridgehead atoms. The average molecular weight is 212 g/mol. The van der Waals surface area contributed by atoms with Crippen molar-refractivity contribution in [3.05, 3.63) is 0 Å². The van der Waals surface area contributed by atoms with Gasteiger partial charge < -0.3 is 11.1 Å². The van der Waals surface area contributed by atoms with Crippen LogP contribution in [0.1, 0.15) is 26.2 Å². The lowest BCUT2D eigenvalue weighted by atomic mass is 9.89. The summed E-state index contributed by atoms with van der Waals surface area (Å²) >= 11 is 2.01. The minimum absolute atomic E-state index is 0.125. The molecule has 80 valence electrons. The van der Waals surface area contributed by atoms with Crippen LogP contribution >= 0.6 is 11.8 Å². The highest BCUT2D eigenvalue weighted by Crippen LogP contribution is 2.33. The molecule has 1 aliphatic rings. The maximum absolute atomic E-state index is 5.88. The normalized spacial score (nSPS) is 32.5. The molecule has 2 unspecified atom stereocenters. The molecule has 1 fully saturated rings. The quantitative estimate of drug-likeness (QED) is 0.543. The number of terminal acetylenes is 1. The van der Waals surface area contributed by atoms with Gasteiger partial charge in [-0.15, -0.1) is 12.3 Å². The summed E-state index contributed by atoms with van der Waals surface area (Å²) in [7, 11) is 0. The summed E-state index contributed by atoms with van der Waals surface area (Å²) in [4.78, 5) is 0. The highest BCUT2D eigenvalue weighted by molar-refractivity contribution is 8.00. The van der Waals surface area contributed by atoms with Crippen LogP contribution in [0.4, 0.5) is 0 Å². The van der Waals surface area contributed by atoms with Gasteiger partial charge in [0.1, 0.15) is 0 Å². The predicted octanol–water partition coefficient (Wildman–Crippen LogP) is 1.21. The summed E-state index contributed by atoms with van der Waals surface area (Å²) in [6, 6.07) is 0. The van der Waals surface area contributed by atoms with Gasteiger partial charge in [-0.25, -0.2) is 0 Å². The van der Waals surface area contributed by atoms with E-state index in [9.17, 15) is 0 Å². The first kappa shape index (κ1) is 11.9. The van der Waals surface area contributed by atoms with Gasteiger partial charge in [0.25, 0.3) is 0 Å². The van der Waals surface area contributed by atoms with Crippen molar-refractivity contribution in [1.82, 2.24) is 5.32 Å². The Kier molecular flexibility index (Phi) is 4.80. The third-order valence-electron chi connectivity index (χ3n) is 3.02. The van der Waals surface area contributed by atoms with Crippen LogP contribution in [-0.2, 0) is 0 Å². The van der Waals surface area contributed by atoms with Gasteiger partial charge in [0.15, 0.2) is 0 Å². The van der Waals surface area contributed by atoms with Crippen LogP contribution in [0.15, 0.2) is 0 Å². The second-order valence-corrected chi connectivity index (χ2v) is 5.31. The number of thioether (sulfide) groups is 1. The third kappa shape index (κ3) is 2.66. The lowest BCUT2D eigenvalue weighted by Gasteiger charge is -2.42. The number of nitrogens with one attached hydrogen (secondary N) is 1. The fourth-order valence-electron chi connectivity index (χ4n) is 1.97. The largest absolute Gasteiger partial charge is 0.329 e. The molecule has 2 nitrogen and oxygen atoms in total. The van der Waals surface area contributed by atoms with E-state index in [-0.39, 0.29) is 5.54 Å². The van der Waals surface area contributed by atoms with E-state index in [2.05, 4.69) is 18.2 Å². The van der Waals surface area contributed by atoms with Gasteiger partial charge in [-0.2, -0.15) is 11.8 Å². The zero-order valence-electron chi connectivity index (χ0n) is 8.88. The van der Waals surface area contributed by atoms with E-state index in [4.69, 9.17) is 12.2 Å². The number of rotatable bonds is 4. The molecule has 0 radical (unpaired) electrons. The second kappa shape index (κ2) is 5.65. The van der Waals surface area contributed by atoms with E-state index >= 15 is 0 Å².